The lowest BCUT2D eigenvalue weighted by Gasteiger charge is -2.10. The highest BCUT2D eigenvalue weighted by Gasteiger charge is 2.05. The number of hydrogen-bond donors (Lipinski definition) is 1. The summed E-state index contributed by atoms with van der Waals surface area (Å²) in [5.74, 6) is 1.43. The van der Waals surface area contributed by atoms with Crippen molar-refractivity contribution < 1.29 is 4.74 Å². The average Bonchev–Trinajstić information content (AvgIpc) is 2.17. The minimum absolute atomic E-state index is 0.411. The smallest absolute Gasteiger partial charge is 0.216 e. The number of likely N-dealkylation sites (N-methyl/N-ethyl adjacent to an activating group) is 1. The molecule has 0 aliphatic heterocycles. The Kier molecular flexibility index (Phi) is 4.49. The van der Waals surface area contributed by atoms with E-state index in [1.165, 1.54) is 0 Å². The SMILES string of the molecule is CCOc1cc(CC(C)NC)nc(C)n1. The van der Waals surface area contributed by atoms with Gasteiger partial charge in [-0.05, 0) is 27.8 Å². The van der Waals surface area contributed by atoms with Gasteiger partial charge in [0.05, 0.1) is 6.61 Å². The first kappa shape index (κ1) is 11.9. The van der Waals surface area contributed by atoms with Gasteiger partial charge in [-0.15, -0.1) is 0 Å². The van der Waals surface area contributed by atoms with E-state index in [0.29, 0.717) is 18.5 Å². The van der Waals surface area contributed by atoms with Crippen molar-refractivity contribution >= 4 is 0 Å². The normalized spacial score (nSPS) is 12.5. The van der Waals surface area contributed by atoms with Crippen LogP contribution in [0.5, 0.6) is 5.88 Å². The Labute approximate surface area is 91.1 Å². The Bertz CT molecular complexity index is 315. The second-order valence-electron chi connectivity index (χ2n) is 3.57. The van der Waals surface area contributed by atoms with Crippen molar-refractivity contribution in [1.82, 2.24) is 15.3 Å². The molecular formula is C11H19N3O. The maximum absolute atomic E-state index is 5.37. The Morgan fingerprint density at radius 1 is 1.47 bits per heavy atom. The van der Waals surface area contributed by atoms with Crippen molar-refractivity contribution in [2.75, 3.05) is 13.7 Å². The van der Waals surface area contributed by atoms with Gasteiger partial charge in [-0.25, -0.2) is 4.98 Å². The molecule has 0 radical (unpaired) electrons. The Morgan fingerprint density at radius 3 is 2.80 bits per heavy atom. The molecule has 1 atom stereocenters. The largest absolute Gasteiger partial charge is 0.478 e. The molecule has 0 aliphatic carbocycles. The number of hydrogen-bond acceptors (Lipinski definition) is 4. The molecule has 0 spiro atoms. The lowest BCUT2D eigenvalue weighted by molar-refractivity contribution is 0.324. The van der Waals surface area contributed by atoms with E-state index < -0.39 is 0 Å². The number of rotatable bonds is 5. The zero-order valence-corrected chi connectivity index (χ0v) is 9.87. The van der Waals surface area contributed by atoms with E-state index in [2.05, 4.69) is 22.2 Å². The van der Waals surface area contributed by atoms with Crippen molar-refractivity contribution in [2.24, 2.45) is 0 Å². The van der Waals surface area contributed by atoms with Gasteiger partial charge in [0.25, 0.3) is 0 Å². The maximum Gasteiger partial charge on any atom is 0.216 e. The van der Waals surface area contributed by atoms with Crippen LogP contribution in [0.15, 0.2) is 6.07 Å². The zero-order valence-electron chi connectivity index (χ0n) is 9.87. The van der Waals surface area contributed by atoms with Gasteiger partial charge in [-0.3, -0.25) is 0 Å². The summed E-state index contributed by atoms with van der Waals surface area (Å²) < 4.78 is 5.37. The van der Waals surface area contributed by atoms with Crippen LogP contribution in [0.4, 0.5) is 0 Å². The van der Waals surface area contributed by atoms with Crippen LogP contribution in [0, 0.1) is 6.92 Å². The Hall–Kier alpha value is -1.16. The minimum Gasteiger partial charge on any atom is -0.478 e. The van der Waals surface area contributed by atoms with Gasteiger partial charge in [-0.2, -0.15) is 4.98 Å². The molecule has 84 valence electrons. The van der Waals surface area contributed by atoms with Crippen LogP contribution in [0.1, 0.15) is 25.4 Å². The molecule has 1 heterocycles. The van der Waals surface area contributed by atoms with Gasteiger partial charge < -0.3 is 10.1 Å². The molecule has 1 unspecified atom stereocenters. The first-order valence-corrected chi connectivity index (χ1v) is 5.30. The van der Waals surface area contributed by atoms with Crippen LogP contribution in [-0.2, 0) is 6.42 Å². The summed E-state index contributed by atoms with van der Waals surface area (Å²) in [6, 6.07) is 2.32. The van der Waals surface area contributed by atoms with E-state index in [1.54, 1.807) is 0 Å². The van der Waals surface area contributed by atoms with Crippen LogP contribution in [0.3, 0.4) is 0 Å². The zero-order chi connectivity index (χ0) is 11.3. The second kappa shape index (κ2) is 5.66. The van der Waals surface area contributed by atoms with Crippen molar-refractivity contribution in [2.45, 2.75) is 33.2 Å². The number of nitrogens with one attached hydrogen (secondary N) is 1. The van der Waals surface area contributed by atoms with Crippen LogP contribution in [-0.4, -0.2) is 29.7 Å². The van der Waals surface area contributed by atoms with Gasteiger partial charge in [0.2, 0.25) is 5.88 Å². The van der Waals surface area contributed by atoms with Crippen LogP contribution in [0.25, 0.3) is 0 Å². The van der Waals surface area contributed by atoms with Crippen molar-refractivity contribution in [3.8, 4) is 5.88 Å². The molecule has 1 rings (SSSR count). The molecule has 0 amide bonds. The highest BCUT2D eigenvalue weighted by Crippen LogP contribution is 2.10. The summed E-state index contributed by atoms with van der Waals surface area (Å²) in [4.78, 5) is 8.58. The molecule has 1 aromatic heterocycles. The van der Waals surface area contributed by atoms with E-state index >= 15 is 0 Å². The van der Waals surface area contributed by atoms with Gasteiger partial charge in [0.1, 0.15) is 5.82 Å². The highest BCUT2D eigenvalue weighted by molar-refractivity contribution is 5.16. The van der Waals surface area contributed by atoms with E-state index in [1.807, 2.05) is 27.0 Å². The Balaban J connectivity index is 2.78. The number of ether oxygens (including phenoxy) is 1. The van der Waals surface area contributed by atoms with E-state index in [-0.39, 0.29) is 0 Å². The summed E-state index contributed by atoms with van der Waals surface area (Å²) in [5, 5.41) is 3.18. The molecule has 15 heavy (non-hydrogen) atoms. The quantitative estimate of drug-likeness (QED) is 0.795. The van der Waals surface area contributed by atoms with E-state index in [9.17, 15) is 0 Å². The molecule has 0 bridgehead atoms. The van der Waals surface area contributed by atoms with E-state index in [4.69, 9.17) is 4.74 Å². The van der Waals surface area contributed by atoms with Crippen LogP contribution < -0.4 is 10.1 Å². The molecule has 4 heteroatoms. The fourth-order valence-corrected chi connectivity index (χ4v) is 1.34. The van der Waals surface area contributed by atoms with E-state index in [0.717, 1.165) is 17.9 Å². The molecular weight excluding hydrogens is 190 g/mol. The molecule has 1 N–H and O–H groups in total. The highest BCUT2D eigenvalue weighted by atomic mass is 16.5. The summed E-state index contributed by atoms with van der Waals surface area (Å²) in [6.45, 7) is 6.60. The average molecular weight is 209 g/mol. The topological polar surface area (TPSA) is 47.0 Å². The predicted molar refractivity (Wildman–Crippen MR) is 60.2 cm³/mol. The molecule has 0 saturated carbocycles. The monoisotopic (exact) mass is 209 g/mol. The standard InChI is InChI=1S/C11H19N3O/c1-5-15-11-7-10(6-8(2)12-4)13-9(3)14-11/h7-8,12H,5-6H2,1-4H3. The second-order valence-corrected chi connectivity index (χ2v) is 3.57. The molecule has 0 aromatic carbocycles. The molecule has 4 nitrogen and oxygen atoms in total. The van der Waals surface area contributed by atoms with Crippen molar-refractivity contribution in [3.63, 3.8) is 0 Å². The maximum atomic E-state index is 5.37. The number of nitrogens with zero attached hydrogens (tertiary/aromatic N) is 2. The Morgan fingerprint density at radius 2 is 2.20 bits per heavy atom. The fraction of sp³-hybridized carbons (Fsp3) is 0.636. The number of aryl methyl sites for hydroxylation is 1. The van der Waals surface area contributed by atoms with Gasteiger partial charge in [-0.1, -0.05) is 0 Å². The first-order chi connectivity index (χ1) is 7.15. The summed E-state index contributed by atoms with van der Waals surface area (Å²) in [7, 11) is 1.95. The van der Waals surface area contributed by atoms with Gasteiger partial charge in [0.15, 0.2) is 0 Å². The van der Waals surface area contributed by atoms with Gasteiger partial charge >= 0.3 is 0 Å². The van der Waals surface area contributed by atoms with Gasteiger partial charge in [0, 0.05) is 24.2 Å². The summed E-state index contributed by atoms with van der Waals surface area (Å²) >= 11 is 0. The third kappa shape index (κ3) is 3.83. The lowest BCUT2D eigenvalue weighted by atomic mass is 10.2. The fourth-order valence-electron chi connectivity index (χ4n) is 1.34. The molecule has 0 saturated heterocycles. The van der Waals surface area contributed by atoms with Crippen molar-refractivity contribution in [3.05, 3.63) is 17.6 Å². The molecule has 0 aliphatic rings. The summed E-state index contributed by atoms with van der Waals surface area (Å²) in [6.07, 6.45) is 0.889. The third-order valence-corrected chi connectivity index (χ3v) is 2.17. The van der Waals surface area contributed by atoms with Crippen LogP contribution >= 0.6 is 0 Å². The predicted octanol–water partition coefficient (Wildman–Crippen LogP) is 1.33. The van der Waals surface area contributed by atoms with Crippen LogP contribution in [0.2, 0.25) is 0 Å². The lowest BCUT2D eigenvalue weighted by Crippen LogP contribution is -2.24. The molecule has 0 fully saturated rings. The first-order valence-electron chi connectivity index (χ1n) is 5.30. The van der Waals surface area contributed by atoms with Crippen molar-refractivity contribution in [1.29, 1.82) is 0 Å². The third-order valence-electron chi connectivity index (χ3n) is 2.17. The number of aromatic nitrogens is 2. The molecule has 1 aromatic rings. The summed E-state index contributed by atoms with van der Waals surface area (Å²) in [5.41, 5.74) is 1.02. The minimum atomic E-state index is 0.411.